The Morgan fingerprint density at radius 3 is 2.78 bits per heavy atom. The molecule has 18 heavy (non-hydrogen) atoms. The van der Waals surface area contributed by atoms with Crippen molar-refractivity contribution in [2.45, 2.75) is 50.2 Å². The normalized spacial score (nSPS) is 30.6. The number of benzene rings is 1. The fourth-order valence-electron chi connectivity index (χ4n) is 3.10. The number of ether oxygens (including phenoxy) is 2. The van der Waals surface area contributed by atoms with Gasteiger partial charge in [-0.3, -0.25) is 0 Å². The molecule has 3 nitrogen and oxygen atoms in total. The average Bonchev–Trinajstić information content (AvgIpc) is 2.95. The van der Waals surface area contributed by atoms with Crippen LogP contribution in [0.1, 0.15) is 36.8 Å². The second kappa shape index (κ2) is 3.41. The molecule has 2 saturated carbocycles. The summed E-state index contributed by atoms with van der Waals surface area (Å²) in [6, 6.07) is 4.24. The fraction of sp³-hybridized carbons (Fsp3) is 0.600. The molecule has 2 fully saturated rings. The number of aliphatic hydroxyl groups excluding tert-OH is 1. The number of hydrogen-bond donors (Lipinski definition) is 1. The van der Waals surface area contributed by atoms with E-state index in [1.165, 1.54) is 24.0 Å². The molecule has 1 N–H and O–H groups in total. The van der Waals surface area contributed by atoms with Gasteiger partial charge in [0.25, 0.3) is 0 Å². The van der Waals surface area contributed by atoms with Crippen LogP contribution in [0.4, 0.5) is 0 Å². The summed E-state index contributed by atoms with van der Waals surface area (Å²) in [5.41, 5.74) is 2.72. The molecule has 0 amide bonds. The molecule has 4 rings (SSSR count). The molecule has 0 atom stereocenters. The van der Waals surface area contributed by atoms with Gasteiger partial charge in [0.2, 0.25) is 0 Å². The van der Waals surface area contributed by atoms with E-state index in [1.54, 1.807) is 0 Å². The molecule has 1 heterocycles. The Bertz CT molecular complexity index is 499. The molecule has 1 aromatic rings. The zero-order valence-electron chi connectivity index (χ0n) is 10.6. The zero-order chi connectivity index (χ0) is 12.3. The Hall–Kier alpha value is -1.22. The third-order valence-electron chi connectivity index (χ3n) is 4.46. The largest absolute Gasteiger partial charge is 0.492 e. The van der Waals surface area contributed by atoms with Crippen LogP contribution in [0.25, 0.3) is 0 Å². The monoisotopic (exact) mass is 246 g/mol. The Balaban J connectivity index is 1.69. The Labute approximate surface area is 107 Å². The quantitative estimate of drug-likeness (QED) is 0.870. The number of rotatable bonds is 2. The van der Waals surface area contributed by atoms with Gasteiger partial charge in [0.1, 0.15) is 17.6 Å². The summed E-state index contributed by atoms with van der Waals surface area (Å²) in [5.74, 6) is 2.01. The highest BCUT2D eigenvalue weighted by atomic mass is 16.5. The second-order valence-electron chi connectivity index (χ2n) is 6.07. The fourth-order valence-corrected chi connectivity index (χ4v) is 3.10. The van der Waals surface area contributed by atoms with E-state index >= 15 is 0 Å². The van der Waals surface area contributed by atoms with Crippen molar-refractivity contribution in [3.63, 3.8) is 0 Å². The summed E-state index contributed by atoms with van der Waals surface area (Å²) >= 11 is 0. The van der Waals surface area contributed by atoms with Crippen molar-refractivity contribution in [3.8, 4) is 11.5 Å². The van der Waals surface area contributed by atoms with Gasteiger partial charge in [-0.2, -0.15) is 0 Å². The first-order valence-electron chi connectivity index (χ1n) is 6.79. The minimum absolute atomic E-state index is 0.168. The maximum atomic E-state index is 9.35. The van der Waals surface area contributed by atoms with Crippen LogP contribution in [0.3, 0.4) is 0 Å². The van der Waals surface area contributed by atoms with Crippen molar-refractivity contribution < 1.29 is 14.6 Å². The summed E-state index contributed by atoms with van der Waals surface area (Å²) < 4.78 is 11.9. The van der Waals surface area contributed by atoms with E-state index in [9.17, 15) is 5.11 Å². The Morgan fingerprint density at radius 2 is 2.11 bits per heavy atom. The smallest absolute Gasteiger partial charge is 0.127 e. The minimum Gasteiger partial charge on any atom is -0.492 e. The van der Waals surface area contributed by atoms with Crippen molar-refractivity contribution >= 4 is 0 Å². The lowest BCUT2D eigenvalue weighted by Crippen LogP contribution is -2.37. The van der Waals surface area contributed by atoms with E-state index in [2.05, 4.69) is 19.1 Å². The van der Waals surface area contributed by atoms with Crippen molar-refractivity contribution in [1.82, 2.24) is 0 Å². The number of aliphatic hydroxyl groups is 1. The van der Waals surface area contributed by atoms with Crippen molar-refractivity contribution in [1.29, 1.82) is 0 Å². The van der Waals surface area contributed by atoms with Gasteiger partial charge in [-0.1, -0.05) is 0 Å². The lowest BCUT2D eigenvalue weighted by atomic mass is 9.91. The molecule has 0 radical (unpaired) electrons. The summed E-state index contributed by atoms with van der Waals surface area (Å²) in [5, 5.41) is 9.35. The van der Waals surface area contributed by atoms with E-state index < -0.39 is 0 Å². The minimum atomic E-state index is -0.168. The maximum absolute atomic E-state index is 9.35. The Morgan fingerprint density at radius 1 is 1.33 bits per heavy atom. The zero-order valence-corrected chi connectivity index (χ0v) is 10.6. The van der Waals surface area contributed by atoms with Gasteiger partial charge in [0.05, 0.1) is 12.7 Å². The molecule has 1 spiro atoms. The summed E-state index contributed by atoms with van der Waals surface area (Å²) in [4.78, 5) is 0. The molecule has 3 aliphatic rings. The molecular weight excluding hydrogens is 228 g/mol. The molecule has 3 heteroatoms. The van der Waals surface area contributed by atoms with Crippen LogP contribution in [0, 0.1) is 6.92 Å². The van der Waals surface area contributed by atoms with Crippen LogP contribution in [-0.2, 0) is 5.41 Å². The van der Waals surface area contributed by atoms with Crippen molar-refractivity contribution in [2.75, 3.05) is 6.61 Å². The highest BCUT2D eigenvalue weighted by Crippen LogP contribution is 2.59. The van der Waals surface area contributed by atoms with Crippen molar-refractivity contribution in [3.05, 3.63) is 23.3 Å². The van der Waals surface area contributed by atoms with Gasteiger partial charge < -0.3 is 14.6 Å². The van der Waals surface area contributed by atoms with E-state index in [4.69, 9.17) is 9.47 Å². The molecule has 0 aromatic heterocycles. The summed E-state index contributed by atoms with van der Waals surface area (Å²) in [7, 11) is 0. The molecular formula is C15H18O3. The van der Waals surface area contributed by atoms with E-state index in [0.717, 1.165) is 30.9 Å². The van der Waals surface area contributed by atoms with Gasteiger partial charge in [-0.05, 0) is 37.5 Å². The van der Waals surface area contributed by atoms with Gasteiger partial charge in [-0.25, -0.2) is 0 Å². The first-order valence-corrected chi connectivity index (χ1v) is 6.79. The van der Waals surface area contributed by atoms with Gasteiger partial charge >= 0.3 is 0 Å². The molecule has 0 unspecified atom stereocenters. The number of fused-ring (bicyclic) bond motifs is 2. The van der Waals surface area contributed by atoms with E-state index in [1.807, 2.05) is 0 Å². The van der Waals surface area contributed by atoms with Gasteiger partial charge in [-0.15, -0.1) is 0 Å². The lowest BCUT2D eigenvalue weighted by molar-refractivity contribution is -0.0113. The van der Waals surface area contributed by atoms with Crippen LogP contribution in [0.5, 0.6) is 11.5 Å². The maximum Gasteiger partial charge on any atom is 0.127 e. The predicted octanol–water partition coefficient (Wildman–Crippen LogP) is 2.32. The third-order valence-corrected chi connectivity index (χ3v) is 4.46. The van der Waals surface area contributed by atoms with Crippen LogP contribution in [0.2, 0.25) is 0 Å². The molecule has 96 valence electrons. The van der Waals surface area contributed by atoms with Crippen molar-refractivity contribution in [2.24, 2.45) is 0 Å². The van der Waals surface area contributed by atoms with Crippen LogP contribution >= 0.6 is 0 Å². The third kappa shape index (κ3) is 1.46. The lowest BCUT2D eigenvalue weighted by Gasteiger charge is -2.32. The van der Waals surface area contributed by atoms with Crippen LogP contribution in [0.15, 0.2) is 12.1 Å². The topological polar surface area (TPSA) is 38.7 Å². The summed E-state index contributed by atoms with van der Waals surface area (Å²) in [6.45, 7) is 2.89. The first-order chi connectivity index (χ1) is 8.66. The average molecular weight is 246 g/mol. The van der Waals surface area contributed by atoms with Gasteiger partial charge in [0, 0.05) is 23.8 Å². The summed E-state index contributed by atoms with van der Waals surface area (Å²) in [6.07, 6.45) is 3.97. The number of aryl methyl sites for hydroxylation is 1. The highest BCUT2D eigenvalue weighted by Gasteiger charge is 2.53. The SMILES string of the molecule is Cc1cc2c(c(O[C@H]3C[C@@H](O)C3)c1)C1(CC1)CO2. The van der Waals surface area contributed by atoms with Crippen LogP contribution in [-0.4, -0.2) is 23.9 Å². The molecule has 2 aliphatic carbocycles. The Kier molecular flexibility index (Phi) is 2.03. The highest BCUT2D eigenvalue weighted by molar-refractivity contribution is 5.57. The van der Waals surface area contributed by atoms with E-state index in [0.29, 0.717) is 0 Å². The van der Waals surface area contributed by atoms with Gasteiger partial charge in [0.15, 0.2) is 0 Å². The first kappa shape index (κ1) is 10.7. The molecule has 1 aliphatic heterocycles. The molecule has 1 aromatic carbocycles. The predicted molar refractivity (Wildman–Crippen MR) is 67.2 cm³/mol. The van der Waals surface area contributed by atoms with E-state index in [-0.39, 0.29) is 17.6 Å². The second-order valence-corrected chi connectivity index (χ2v) is 6.07. The van der Waals surface area contributed by atoms with Crippen LogP contribution < -0.4 is 9.47 Å². The number of hydrogen-bond acceptors (Lipinski definition) is 3. The molecule has 0 bridgehead atoms. The molecule has 0 saturated heterocycles. The standard InChI is InChI=1S/C15H18O3/c1-9-4-12-14(15(2-3-15)8-17-12)13(5-9)18-11-6-10(16)7-11/h4-5,10-11,16H,2-3,6-8H2,1H3/t10-,11+.